The molecule has 0 unspecified atom stereocenters. The number of carboxylic acid groups (broad SMARTS) is 1. The SMILES string of the molecule is CNS(=O)(=O)c1cc2c(c(C(=O)O)c1)Nc1ccc(-c3ccc(C)c(C)c3)cc1O2. The number of carbonyl (C=O) groups is 1. The minimum absolute atomic E-state index is 0.133. The van der Waals surface area contributed by atoms with E-state index in [0.717, 1.165) is 17.2 Å². The van der Waals surface area contributed by atoms with Gasteiger partial charge in [-0.05, 0) is 61.3 Å². The number of rotatable bonds is 4. The predicted molar refractivity (Wildman–Crippen MR) is 114 cm³/mol. The summed E-state index contributed by atoms with van der Waals surface area (Å²) in [6, 6.07) is 14.2. The van der Waals surface area contributed by atoms with E-state index >= 15 is 0 Å². The Balaban J connectivity index is 1.81. The molecule has 0 saturated heterocycles. The number of carboxylic acids is 1. The molecule has 0 atom stereocenters. The normalized spacial score (nSPS) is 12.4. The van der Waals surface area contributed by atoms with Gasteiger partial charge < -0.3 is 15.2 Å². The van der Waals surface area contributed by atoms with E-state index in [9.17, 15) is 18.3 Å². The Morgan fingerprint density at radius 3 is 2.33 bits per heavy atom. The Bertz CT molecular complexity index is 1300. The lowest BCUT2D eigenvalue weighted by molar-refractivity contribution is 0.0697. The minimum Gasteiger partial charge on any atom is -0.478 e. The fourth-order valence-electron chi connectivity index (χ4n) is 3.31. The lowest BCUT2D eigenvalue weighted by Crippen LogP contribution is -2.20. The van der Waals surface area contributed by atoms with Gasteiger partial charge in [0, 0.05) is 6.07 Å². The Kier molecular flexibility index (Phi) is 4.76. The summed E-state index contributed by atoms with van der Waals surface area (Å²) in [6.45, 7) is 4.09. The summed E-state index contributed by atoms with van der Waals surface area (Å²) >= 11 is 0. The van der Waals surface area contributed by atoms with Crippen LogP contribution in [0.15, 0.2) is 53.4 Å². The zero-order valence-corrected chi connectivity index (χ0v) is 17.4. The van der Waals surface area contributed by atoms with E-state index < -0.39 is 16.0 Å². The van der Waals surface area contributed by atoms with Crippen LogP contribution in [0.4, 0.5) is 11.4 Å². The maximum absolute atomic E-state index is 12.2. The number of hydrogen-bond donors (Lipinski definition) is 3. The van der Waals surface area contributed by atoms with Crippen molar-refractivity contribution in [3.63, 3.8) is 0 Å². The molecule has 0 aromatic heterocycles. The van der Waals surface area contributed by atoms with Gasteiger partial charge >= 0.3 is 5.97 Å². The lowest BCUT2D eigenvalue weighted by Gasteiger charge is -2.24. The standard InChI is InChI=1S/C22H20N2O5S/c1-12-4-5-14(8-13(12)2)15-6-7-18-19(9-15)29-20-11-16(30(27,28)23-3)10-17(22(25)26)21(20)24-18/h4-11,23-24H,1-3H3,(H,25,26). The van der Waals surface area contributed by atoms with Crippen LogP contribution in [0.1, 0.15) is 21.5 Å². The first kappa shape index (κ1) is 19.9. The van der Waals surface area contributed by atoms with E-state index in [-0.39, 0.29) is 21.9 Å². The summed E-state index contributed by atoms with van der Waals surface area (Å²) in [5, 5.41) is 12.6. The molecular formula is C22H20N2O5S. The fourth-order valence-corrected chi connectivity index (χ4v) is 4.08. The van der Waals surface area contributed by atoms with E-state index in [1.165, 1.54) is 24.2 Å². The average Bonchev–Trinajstić information content (AvgIpc) is 2.72. The number of benzene rings is 3. The molecule has 0 amide bonds. The number of sulfonamides is 1. The van der Waals surface area contributed by atoms with Crippen molar-refractivity contribution in [3.8, 4) is 22.6 Å². The zero-order chi connectivity index (χ0) is 21.6. The van der Waals surface area contributed by atoms with E-state index in [2.05, 4.69) is 16.1 Å². The Morgan fingerprint density at radius 1 is 0.967 bits per heavy atom. The molecule has 8 heteroatoms. The van der Waals surface area contributed by atoms with Crippen LogP contribution in [-0.4, -0.2) is 26.5 Å². The second kappa shape index (κ2) is 7.16. The van der Waals surface area contributed by atoms with Crippen molar-refractivity contribution in [3.05, 3.63) is 65.2 Å². The van der Waals surface area contributed by atoms with Crippen LogP contribution in [0.2, 0.25) is 0 Å². The molecule has 30 heavy (non-hydrogen) atoms. The van der Waals surface area contributed by atoms with Crippen molar-refractivity contribution >= 4 is 27.4 Å². The molecule has 7 nitrogen and oxygen atoms in total. The van der Waals surface area contributed by atoms with Crippen LogP contribution in [-0.2, 0) is 10.0 Å². The third-order valence-electron chi connectivity index (χ3n) is 5.19. The number of aryl methyl sites for hydroxylation is 2. The van der Waals surface area contributed by atoms with Gasteiger partial charge in [-0.1, -0.05) is 24.3 Å². The lowest BCUT2D eigenvalue weighted by atomic mass is 9.99. The molecule has 0 bridgehead atoms. The van der Waals surface area contributed by atoms with Crippen molar-refractivity contribution in [2.24, 2.45) is 0 Å². The van der Waals surface area contributed by atoms with Crippen molar-refractivity contribution in [2.75, 3.05) is 12.4 Å². The number of nitrogens with one attached hydrogen (secondary N) is 2. The minimum atomic E-state index is -3.85. The molecule has 0 saturated carbocycles. The summed E-state index contributed by atoms with van der Waals surface area (Å²) in [4.78, 5) is 11.6. The molecule has 0 aliphatic carbocycles. The quantitative estimate of drug-likeness (QED) is 0.448. The van der Waals surface area contributed by atoms with Crippen LogP contribution in [0, 0.1) is 13.8 Å². The highest BCUT2D eigenvalue weighted by Gasteiger charge is 2.27. The van der Waals surface area contributed by atoms with Gasteiger partial charge in [-0.3, -0.25) is 0 Å². The molecular weight excluding hydrogens is 404 g/mol. The van der Waals surface area contributed by atoms with E-state index in [0.29, 0.717) is 11.4 Å². The van der Waals surface area contributed by atoms with Crippen LogP contribution in [0.5, 0.6) is 11.5 Å². The monoisotopic (exact) mass is 424 g/mol. The largest absolute Gasteiger partial charge is 0.478 e. The average molecular weight is 424 g/mol. The molecule has 0 spiro atoms. The molecule has 1 heterocycles. The Hall–Kier alpha value is -3.36. The van der Waals surface area contributed by atoms with Gasteiger partial charge in [-0.2, -0.15) is 0 Å². The third kappa shape index (κ3) is 3.40. The Labute approximate surface area is 174 Å². The maximum Gasteiger partial charge on any atom is 0.338 e. The van der Waals surface area contributed by atoms with Crippen LogP contribution < -0.4 is 14.8 Å². The van der Waals surface area contributed by atoms with Gasteiger partial charge in [-0.15, -0.1) is 0 Å². The van der Waals surface area contributed by atoms with Gasteiger partial charge in [0.25, 0.3) is 0 Å². The van der Waals surface area contributed by atoms with Gasteiger partial charge in [0.15, 0.2) is 11.5 Å². The van der Waals surface area contributed by atoms with E-state index in [1.807, 2.05) is 44.2 Å². The molecule has 3 N–H and O–H groups in total. The number of aromatic carboxylic acids is 1. The highest BCUT2D eigenvalue weighted by molar-refractivity contribution is 7.89. The van der Waals surface area contributed by atoms with Crippen molar-refractivity contribution in [1.29, 1.82) is 0 Å². The van der Waals surface area contributed by atoms with Gasteiger partial charge in [-0.25, -0.2) is 17.9 Å². The summed E-state index contributed by atoms with van der Waals surface area (Å²) in [7, 11) is -2.58. The highest BCUT2D eigenvalue weighted by atomic mass is 32.2. The summed E-state index contributed by atoms with van der Waals surface area (Å²) in [5.41, 5.74) is 4.94. The van der Waals surface area contributed by atoms with Crippen molar-refractivity contribution in [1.82, 2.24) is 4.72 Å². The fraction of sp³-hybridized carbons (Fsp3) is 0.136. The van der Waals surface area contributed by atoms with Gasteiger partial charge in [0.1, 0.15) is 0 Å². The third-order valence-corrected chi connectivity index (χ3v) is 6.58. The van der Waals surface area contributed by atoms with E-state index in [4.69, 9.17) is 4.74 Å². The molecule has 1 aliphatic rings. The molecule has 3 aromatic carbocycles. The number of anilines is 2. The number of fused-ring (bicyclic) bond motifs is 2. The first-order valence-electron chi connectivity index (χ1n) is 9.21. The Morgan fingerprint density at radius 2 is 1.67 bits per heavy atom. The topological polar surface area (TPSA) is 105 Å². The first-order valence-corrected chi connectivity index (χ1v) is 10.7. The van der Waals surface area contributed by atoms with Gasteiger partial charge in [0.2, 0.25) is 10.0 Å². The number of hydrogen-bond acceptors (Lipinski definition) is 5. The maximum atomic E-state index is 12.2. The first-order chi connectivity index (χ1) is 14.2. The van der Waals surface area contributed by atoms with Gasteiger partial charge in [0.05, 0.1) is 21.8 Å². The molecule has 0 radical (unpaired) electrons. The predicted octanol–water partition coefficient (Wildman–Crippen LogP) is 4.43. The molecule has 154 valence electrons. The zero-order valence-electron chi connectivity index (χ0n) is 16.6. The summed E-state index contributed by atoms with van der Waals surface area (Å²) < 4.78 is 32.6. The smallest absolute Gasteiger partial charge is 0.338 e. The van der Waals surface area contributed by atoms with E-state index in [1.54, 1.807) is 0 Å². The van der Waals surface area contributed by atoms with Crippen LogP contribution in [0.25, 0.3) is 11.1 Å². The van der Waals surface area contributed by atoms with Crippen LogP contribution in [0.3, 0.4) is 0 Å². The molecule has 0 fully saturated rings. The van der Waals surface area contributed by atoms with Crippen LogP contribution >= 0.6 is 0 Å². The summed E-state index contributed by atoms with van der Waals surface area (Å²) in [5.74, 6) is -0.646. The van der Waals surface area contributed by atoms with Crippen molar-refractivity contribution < 1.29 is 23.1 Å². The summed E-state index contributed by atoms with van der Waals surface area (Å²) in [6.07, 6.45) is 0. The highest BCUT2D eigenvalue weighted by Crippen LogP contribution is 2.46. The van der Waals surface area contributed by atoms with Crippen molar-refractivity contribution in [2.45, 2.75) is 18.7 Å². The number of ether oxygens (including phenoxy) is 1. The second-order valence-electron chi connectivity index (χ2n) is 7.09. The molecule has 1 aliphatic heterocycles. The molecule has 3 aromatic rings. The second-order valence-corrected chi connectivity index (χ2v) is 8.98. The molecule has 4 rings (SSSR count).